The van der Waals surface area contributed by atoms with Crippen LogP contribution in [0.5, 0.6) is 11.5 Å². The molecule has 4 nitrogen and oxygen atoms in total. The van der Waals surface area contributed by atoms with E-state index in [1.807, 2.05) is 12.1 Å². The molecule has 1 heterocycles. The minimum atomic E-state index is 0. The lowest BCUT2D eigenvalue weighted by atomic mass is 9.96. The van der Waals surface area contributed by atoms with E-state index in [0.717, 1.165) is 18.7 Å². The Morgan fingerprint density at radius 2 is 2.20 bits per heavy atom. The normalized spacial score (nSPS) is 21.1. The van der Waals surface area contributed by atoms with Crippen molar-refractivity contribution in [2.75, 3.05) is 13.7 Å². The fraction of sp³-hybridized carbons (Fsp3) is 0.600. The van der Waals surface area contributed by atoms with Crippen LogP contribution in [0.2, 0.25) is 0 Å². The second kappa shape index (κ2) is 7.72. The van der Waals surface area contributed by atoms with Crippen LogP contribution in [-0.2, 0) is 6.54 Å². The van der Waals surface area contributed by atoms with Crippen LogP contribution in [0.3, 0.4) is 0 Å². The van der Waals surface area contributed by atoms with Crippen molar-refractivity contribution in [3.8, 4) is 11.5 Å². The molecule has 114 valence electrons. The molecular weight excluding hydrogens is 276 g/mol. The molecule has 1 fully saturated rings. The average molecular weight is 301 g/mol. The molecule has 1 aliphatic rings. The summed E-state index contributed by atoms with van der Waals surface area (Å²) < 4.78 is 5.07. The summed E-state index contributed by atoms with van der Waals surface area (Å²) in [5, 5.41) is 9.83. The van der Waals surface area contributed by atoms with Crippen LogP contribution in [0.1, 0.15) is 31.7 Å². The Morgan fingerprint density at radius 1 is 1.45 bits per heavy atom. The molecule has 0 radical (unpaired) electrons. The molecule has 1 aliphatic heterocycles. The number of likely N-dealkylation sites (tertiary alicyclic amines) is 1. The topological polar surface area (TPSA) is 58.7 Å². The van der Waals surface area contributed by atoms with E-state index in [0.29, 0.717) is 11.8 Å². The third-order valence-corrected chi connectivity index (χ3v) is 3.90. The van der Waals surface area contributed by atoms with Gasteiger partial charge < -0.3 is 15.6 Å². The highest BCUT2D eigenvalue weighted by Gasteiger charge is 2.25. The summed E-state index contributed by atoms with van der Waals surface area (Å²) in [5.74, 6) is 0.723. The van der Waals surface area contributed by atoms with E-state index >= 15 is 0 Å². The molecule has 20 heavy (non-hydrogen) atoms. The van der Waals surface area contributed by atoms with Gasteiger partial charge in [-0.25, -0.2) is 0 Å². The van der Waals surface area contributed by atoms with Crippen molar-refractivity contribution in [1.29, 1.82) is 0 Å². The zero-order chi connectivity index (χ0) is 13.8. The molecule has 1 saturated heterocycles. The van der Waals surface area contributed by atoms with E-state index in [9.17, 15) is 5.11 Å². The number of phenolic OH excluding ortho intramolecular Hbond substituents is 1. The van der Waals surface area contributed by atoms with Crippen molar-refractivity contribution < 1.29 is 9.84 Å². The number of ether oxygens (including phenoxy) is 1. The summed E-state index contributed by atoms with van der Waals surface area (Å²) in [5.41, 5.74) is 7.18. The van der Waals surface area contributed by atoms with Crippen molar-refractivity contribution >= 4 is 12.4 Å². The molecule has 0 bridgehead atoms. The highest BCUT2D eigenvalue weighted by molar-refractivity contribution is 5.85. The lowest BCUT2D eigenvalue weighted by Gasteiger charge is -2.38. The first-order valence-electron chi connectivity index (χ1n) is 6.97. The maximum atomic E-state index is 9.83. The number of phenols is 1. The van der Waals surface area contributed by atoms with Gasteiger partial charge in [0.1, 0.15) is 0 Å². The van der Waals surface area contributed by atoms with Gasteiger partial charge in [-0.05, 0) is 44.0 Å². The lowest BCUT2D eigenvalue weighted by molar-refractivity contribution is 0.123. The first kappa shape index (κ1) is 17.1. The molecule has 2 atom stereocenters. The summed E-state index contributed by atoms with van der Waals surface area (Å²) in [7, 11) is 1.56. The van der Waals surface area contributed by atoms with E-state index < -0.39 is 0 Å². The number of hydrogen-bond donors (Lipinski definition) is 2. The van der Waals surface area contributed by atoms with Gasteiger partial charge in [-0.1, -0.05) is 12.5 Å². The molecule has 0 saturated carbocycles. The second-order valence-corrected chi connectivity index (χ2v) is 5.40. The molecule has 2 rings (SSSR count). The van der Waals surface area contributed by atoms with Gasteiger partial charge in [-0.2, -0.15) is 0 Å². The van der Waals surface area contributed by atoms with E-state index in [4.69, 9.17) is 10.5 Å². The monoisotopic (exact) mass is 300 g/mol. The lowest BCUT2D eigenvalue weighted by Crippen LogP contribution is -2.48. The highest BCUT2D eigenvalue weighted by atomic mass is 35.5. The van der Waals surface area contributed by atoms with Crippen molar-refractivity contribution in [3.05, 3.63) is 23.8 Å². The number of piperidine rings is 1. The molecule has 5 heteroatoms. The van der Waals surface area contributed by atoms with Crippen molar-refractivity contribution in [3.63, 3.8) is 0 Å². The number of rotatable bonds is 4. The minimum absolute atomic E-state index is 0. The minimum Gasteiger partial charge on any atom is -0.504 e. The molecular formula is C15H25ClN2O2. The number of hydrogen-bond acceptors (Lipinski definition) is 4. The SMILES string of the molecule is COc1ccc(CN2CCCCC2C(C)N)cc1O.Cl. The third kappa shape index (κ3) is 4.01. The highest BCUT2D eigenvalue weighted by Crippen LogP contribution is 2.28. The Morgan fingerprint density at radius 3 is 2.80 bits per heavy atom. The Labute approximate surface area is 127 Å². The second-order valence-electron chi connectivity index (χ2n) is 5.40. The van der Waals surface area contributed by atoms with Crippen molar-refractivity contribution in [1.82, 2.24) is 4.90 Å². The number of nitrogens with two attached hydrogens (primary N) is 1. The van der Waals surface area contributed by atoms with Crippen LogP contribution in [0.15, 0.2) is 18.2 Å². The fourth-order valence-corrected chi connectivity index (χ4v) is 2.88. The first-order chi connectivity index (χ1) is 9.11. The van der Waals surface area contributed by atoms with E-state index in [1.165, 1.54) is 19.3 Å². The van der Waals surface area contributed by atoms with Crippen LogP contribution < -0.4 is 10.5 Å². The third-order valence-electron chi connectivity index (χ3n) is 3.90. The van der Waals surface area contributed by atoms with E-state index in [-0.39, 0.29) is 24.2 Å². The van der Waals surface area contributed by atoms with Gasteiger partial charge in [0, 0.05) is 18.6 Å². The summed E-state index contributed by atoms with van der Waals surface area (Å²) in [4.78, 5) is 2.43. The number of aromatic hydroxyl groups is 1. The maximum absolute atomic E-state index is 9.83. The predicted octanol–water partition coefficient (Wildman–Crippen LogP) is 2.52. The van der Waals surface area contributed by atoms with Gasteiger partial charge >= 0.3 is 0 Å². The first-order valence-corrected chi connectivity index (χ1v) is 6.97. The smallest absolute Gasteiger partial charge is 0.160 e. The van der Waals surface area contributed by atoms with Gasteiger partial charge in [0.25, 0.3) is 0 Å². The molecule has 1 aromatic rings. The standard InChI is InChI=1S/C15H24N2O2.ClH/c1-11(16)13-5-3-4-8-17(13)10-12-6-7-15(19-2)14(18)9-12;/h6-7,9,11,13,18H,3-5,8,10,16H2,1-2H3;1H. The zero-order valence-corrected chi connectivity index (χ0v) is 13.0. The zero-order valence-electron chi connectivity index (χ0n) is 12.2. The maximum Gasteiger partial charge on any atom is 0.160 e. The number of nitrogens with zero attached hydrogens (tertiary/aromatic N) is 1. The van der Waals surface area contributed by atoms with Gasteiger partial charge in [0.15, 0.2) is 11.5 Å². The Hall–Kier alpha value is -0.970. The molecule has 0 aliphatic carbocycles. The van der Waals surface area contributed by atoms with Crippen molar-refractivity contribution in [2.45, 2.75) is 44.8 Å². The predicted molar refractivity (Wildman–Crippen MR) is 83.6 cm³/mol. The number of benzene rings is 1. The van der Waals surface area contributed by atoms with Gasteiger partial charge in [0.05, 0.1) is 7.11 Å². The number of halogens is 1. The number of methoxy groups -OCH3 is 1. The van der Waals surface area contributed by atoms with E-state index in [1.54, 1.807) is 13.2 Å². The molecule has 1 aromatic carbocycles. The van der Waals surface area contributed by atoms with Gasteiger partial charge in [0.2, 0.25) is 0 Å². The summed E-state index contributed by atoms with van der Waals surface area (Å²) in [6, 6.07) is 6.23. The van der Waals surface area contributed by atoms with Crippen LogP contribution in [0.25, 0.3) is 0 Å². The Balaban J connectivity index is 0.00000200. The fourth-order valence-electron chi connectivity index (χ4n) is 2.88. The molecule has 3 N–H and O–H groups in total. The largest absolute Gasteiger partial charge is 0.504 e. The summed E-state index contributed by atoms with van der Waals surface area (Å²) in [6.45, 7) is 4.00. The average Bonchev–Trinajstić information content (AvgIpc) is 2.39. The van der Waals surface area contributed by atoms with Crippen LogP contribution in [-0.4, -0.2) is 35.7 Å². The van der Waals surface area contributed by atoms with Gasteiger partial charge in [-0.15, -0.1) is 12.4 Å². The molecule has 2 unspecified atom stereocenters. The molecule has 0 spiro atoms. The summed E-state index contributed by atoms with van der Waals surface area (Å²) >= 11 is 0. The molecule has 0 amide bonds. The van der Waals surface area contributed by atoms with Crippen LogP contribution in [0, 0.1) is 0 Å². The van der Waals surface area contributed by atoms with Crippen LogP contribution in [0.4, 0.5) is 0 Å². The Kier molecular flexibility index (Phi) is 6.59. The van der Waals surface area contributed by atoms with Gasteiger partial charge in [-0.3, -0.25) is 4.90 Å². The van der Waals surface area contributed by atoms with Crippen LogP contribution >= 0.6 is 12.4 Å². The van der Waals surface area contributed by atoms with E-state index in [2.05, 4.69) is 11.8 Å². The summed E-state index contributed by atoms with van der Waals surface area (Å²) in [6.07, 6.45) is 3.65. The Bertz CT molecular complexity index is 426. The van der Waals surface area contributed by atoms with Crippen molar-refractivity contribution in [2.24, 2.45) is 5.73 Å². The molecule has 0 aromatic heterocycles. The quantitative estimate of drug-likeness (QED) is 0.897.